The molecule has 226 valence electrons. The molecule has 4 aliphatic heterocycles. The van der Waals surface area contributed by atoms with Gasteiger partial charge in [0, 0.05) is 43.2 Å². The molecule has 2 N–H and O–H groups in total. The molecule has 0 saturated carbocycles. The van der Waals surface area contributed by atoms with Crippen LogP contribution in [-0.4, -0.2) is 60.4 Å². The van der Waals surface area contributed by atoms with E-state index in [1.165, 1.54) is 20.0 Å². The summed E-state index contributed by atoms with van der Waals surface area (Å²) in [6, 6.07) is 1.47. The molecule has 4 aliphatic rings. The van der Waals surface area contributed by atoms with Gasteiger partial charge in [-0.15, -0.1) is 0 Å². The molecular formula is C28H35ClF5N5O2. The van der Waals surface area contributed by atoms with Gasteiger partial charge in [-0.2, -0.15) is 23.1 Å². The average Bonchev–Trinajstić information content (AvgIpc) is 3.50. The van der Waals surface area contributed by atoms with Crippen LogP contribution in [-0.2, 0) is 23.9 Å². The summed E-state index contributed by atoms with van der Waals surface area (Å²) >= 11 is 5.82. The number of hydrogen-bond donors (Lipinski definition) is 1. The van der Waals surface area contributed by atoms with Crippen molar-refractivity contribution in [2.45, 2.75) is 76.5 Å². The highest BCUT2D eigenvalue weighted by Crippen LogP contribution is 2.46. The Hall–Kier alpha value is -2.44. The first-order chi connectivity index (χ1) is 19.5. The molecule has 4 atom stereocenters. The normalized spacial score (nSPS) is 26.3. The minimum Gasteiger partial charge on any atom is -0.467 e. The number of alkyl halides is 4. The monoisotopic (exact) mass is 603 g/mol. The van der Waals surface area contributed by atoms with Crippen molar-refractivity contribution in [2.75, 3.05) is 43.9 Å². The van der Waals surface area contributed by atoms with E-state index in [2.05, 4.69) is 26.7 Å². The van der Waals surface area contributed by atoms with Crippen molar-refractivity contribution in [3.05, 3.63) is 39.3 Å². The molecule has 0 radical (unpaired) electrons. The zero-order valence-corrected chi connectivity index (χ0v) is 23.9. The molecule has 0 amide bonds. The Morgan fingerprint density at radius 3 is 2.59 bits per heavy atom. The summed E-state index contributed by atoms with van der Waals surface area (Å²) in [5.41, 5.74) is 4.23. The lowest BCUT2D eigenvalue weighted by Gasteiger charge is -2.35. The number of piperidine rings is 1. The van der Waals surface area contributed by atoms with Gasteiger partial charge in [-0.1, -0.05) is 18.5 Å². The third-order valence-electron chi connectivity index (χ3n) is 8.34. The van der Waals surface area contributed by atoms with Crippen molar-refractivity contribution in [3.63, 3.8) is 0 Å². The number of nitrogens with zero attached hydrogens (tertiary/aromatic N) is 4. The topological polar surface area (TPSA) is 76.7 Å². The van der Waals surface area contributed by atoms with Gasteiger partial charge in [0.05, 0.1) is 41.8 Å². The molecule has 13 heteroatoms. The van der Waals surface area contributed by atoms with Crippen molar-refractivity contribution in [1.29, 1.82) is 0 Å². The van der Waals surface area contributed by atoms with E-state index in [0.29, 0.717) is 35.6 Å². The Bertz CT molecular complexity index is 1250. The van der Waals surface area contributed by atoms with E-state index in [9.17, 15) is 22.0 Å². The first-order valence-electron chi connectivity index (χ1n) is 14.0. The number of fused-ring (bicyclic) bond motifs is 2. The lowest BCUT2D eigenvalue weighted by Crippen LogP contribution is -2.36. The van der Waals surface area contributed by atoms with Gasteiger partial charge in [0.1, 0.15) is 12.0 Å². The van der Waals surface area contributed by atoms with Crippen molar-refractivity contribution in [1.82, 2.24) is 14.9 Å². The summed E-state index contributed by atoms with van der Waals surface area (Å²) in [7, 11) is 1.42. The number of aromatic nitrogens is 2. The average molecular weight is 604 g/mol. The van der Waals surface area contributed by atoms with Gasteiger partial charge in [0.15, 0.2) is 5.82 Å². The standard InChI is InChI=1S/C21H23ClF4N4O2.C7H12FN/c1-10-4-3-5-30(8-10)19-11-9-32-15(7-14(11)28-20(29-19)31-2)16-17(21(24,25)26)12(22)6-13(27)18(16)23;8-6-4-7-2-1-3-9(7)5-6/h6,10,15H,3-5,7-9,27H2,1-2H3;6-7H,1-5H2. The molecular weight excluding hydrogens is 569 g/mol. The lowest BCUT2D eigenvalue weighted by atomic mass is 9.93. The van der Waals surface area contributed by atoms with E-state index >= 15 is 0 Å². The minimum atomic E-state index is -4.89. The maximum Gasteiger partial charge on any atom is 0.418 e. The van der Waals surface area contributed by atoms with Crippen LogP contribution in [0.15, 0.2) is 6.07 Å². The molecule has 3 fully saturated rings. The van der Waals surface area contributed by atoms with Gasteiger partial charge < -0.3 is 20.1 Å². The summed E-state index contributed by atoms with van der Waals surface area (Å²) < 4.78 is 79.7. The number of rotatable bonds is 3. The molecule has 0 spiro atoms. The van der Waals surface area contributed by atoms with E-state index in [0.717, 1.165) is 45.0 Å². The first-order valence-corrected chi connectivity index (χ1v) is 14.4. The fourth-order valence-corrected chi connectivity index (χ4v) is 6.76. The molecule has 4 unspecified atom stereocenters. The van der Waals surface area contributed by atoms with Crippen LogP contribution in [0.1, 0.15) is 67.5 Å². The number of nitrogen functional groups attached to an aromatic ring is 1. The highest BCUT2D eigenvalue weighted by molar-refractivity contribution is 6.31. The first kappa shape index (κ1) is 30.0. The van der Waals surface area contributed by atoms with Crippen LogP contribution in [0.2, 0.25) is 5.02 Å². The SMILES string of the molecule is COc1nc2c(c(N3CCCC(C)C3)n1)COC(c1c(F)c(N)cc(Cl)c1C(F)(F)F)C2.FC1CC2CCCN2C1. The van der Waals surface area contributed by atoms with Gasteiger partial charge in [-0.05, 0) is 50.6 Å². The molecule has 0 bridgehead atoms. The highest BCUT2D eigenvalue weighted by atomic mass is 35.5. The quantitative estimate of drug-likeness (QED) is 0.334. The summed E-state index contributed by atoms with van der Waals surface area (Å²) in [5, 5.41) is -0.677. The fraction of sp³-hybridized carbons (Fsp3) is 0.643. The van der Waals surface area contributed by atoms with E-state index < -0.39 is 46.1 Å². The Balaban J connectivity index is 0.000000315. The van der Waals surface area contributed by atoms with Crippen molar-refractivity contribution in [3.8, 4) is 6.01 Å². The van der Waals surface area contributed by atoms with E-state index in [1.807, 2.05) is 0 Å². The maximum absolute atomic E-state index is 14.9. The number of nitrogens with two attached hydrogens (primary N) is 1. The molecule has 5 heterocycles. The Morgan fingerprint density at radius 1 is 1.15 bits per heavy atom. The second-order valence-electron chi connectivity index (χ2n) is 11.3. The zero-order chi connectivity index (χ0) is 29.5. The molecule has 6 rings (SSSR count). The van der Waals surface area contributed by atoms with E-state index in [4.69, 9.17) is 26.8 Å². The number of benzene rings is 1. The number of methoxy groups -OCH3 is 1. The third-order valence-corrected chi connectivity index (χ3v) is 8.64. The molecule has 7 nitrogen and oxygen atoms in total. The molecule has 1 aromatic carbocycles. The second-order valence-corrected chi connectivity index (χ2v) is 11.7. The van der Waals surface area contributed by atoms with Gasteiger partial charge in [0.25, 0.3) is 0 Å². The number of halogens is 6. The van der Waals surface area contributed by atoms with Crippen LogP contribution >= 0.6 is 11.6 Å². The number of hydrogen-bond acceptors (Lipinski definition) is 7. The highest BCUT2D eigenvalue weighted by Gasteiger charge is 2.42. The van der Waals surface area contributed by atoms with Crippen molar-refractivity contribution >= 4 is 23.1 Å². The maximum atomic E-state index is 14.9. The molecule has 41 heavy (non-hydrogen) atoms. The van der Waals surface area contributed by atoms with Gasteiger partial charge >= 0.3 is 12.2 Å². The predicted octanol–water partition coefficient (Wildman–Crippen LogP) is 6.12. The van der Waals surface area contributed by atoms with Crippen molar-refractivity contribution in [2.24, 2.45) is 5.92 Å². The second kappa shape index (κ2) is 12.0. The molecule has 1 aromatic heterocycles. The summed E-state index contributed by atoms with van der Waals surface area (Å²) in [6.07, 6.45) is -1.35. The molecule has 2 aromatic rings. The Labute approximate surface area is 241 Å². The Morgan fingerprint density at radius 2 is 1.90 bits per heavy atom. The van der Waals surface area contributed by atoms with Crippen molar-refractivity contribution < 1.29 is 31.4 Å². The molecule has 3 saturated heterocycles. The summed E-state index contributed by atoms with van der Waals surface area (Å²) in [5.74, 6) is -0.0873. The fourth-order valence-electron chi connectivity index (χ4n) is 6.43. The number of anilines is 2. The van der Waals surface area contributed by atoms with Crippen LogP contribution in [0.25, 0.3) is 0 Å². The van der Waals surface area contributed by atoms with Crippen LogP contribution in [0, 0.1) is 11.7 Å². The Kier molecular flexibility index (Phi) is 8.82. The zero-order valence-electron chi connectivity index (χ0n) is 23.1. The predicted molar refractivity (Wildman–Crippen MR) is 145 cm³/mol. The van der Waals surface area contributed by atoms with E-state index in [-0.39, 0.29) is 19.0 Å². The smallest absolute Gasteiger partial charge is 0.418 e. The van der Waals surface area contributed by atoms with E-state index in [1.54, 1.807) is 0 Å². The third kappa shape index (κ3) is 6.34. The van der Waals surface area contributed by atoms with Gasteiger partial charge in [-0.3, -0.25) is 4.90 Å². The van der Waals surface area contributed by atoms with Gasteiger partial charge in [0.2, 0.25) is 0 Å². The van der Waals surface area contributed by atoms with Crippen LogP contribution in [0.5, 0.6) is 6.01 Å². The largest absolute Gasteiger partial charge is 0.467 e. The van der Waals surface area contributed by atoms with Crippen LogP contribution in [0.3, 0.4) is 0 Å². The molecule has 0 aliphatic carbocycles. The van der Waals surface area contributed by atoms with Gasteiger partial charge in [-0.25, -0.2) is 8.78 Å². The summed E-state index contributed by atoms with van der Waals surface area (Å²) in [6.45, 7) is 5.50. The minimum absolute atomic E-state index is 0.0760. The summed E-state index contributed by atoms with van der Waals surface area (Å²) in [4.78, 5) is 13.2. The number of ether oxygens (including phenoxy) is 2. The lowest BCUT2D eigenvalue weighted by molar-refractivity contribution is -0.140. The van der Waals surface area contributed by atoms with Crippen LogP contribution < -0.4 is 15.4 Å². The van der Waals surface area contributed by atoms with Crippen LogP contribution in [0.4, 0.5) is 33.5 Å².